The van der Waals surface area contributed by atoms with Crippen LogP contribution in [0.15, 0.2) is 0 Å². The summed E-state index contributed by atoms with van der Waals surface area (Å²) in [7, 11) is 0. The van der Waals surface area contributed by atoms with Gasteiger partial charge in [0, 0.05) is 5.60 Å². The molecule has 0 aromatic carbocycles. The second kappa shape index (κ2) is 6.97. The third-order valence-electron chi connectivity index (χ3n) is 3.63. The van der Waals surface area contributed by atoms with Crippen LogP contribution in [0.3, 0.4) is 0 Å². The summed E-state index contributed by atoms with van der Waals surface area (Å²) < 4.78 is 4.88. The number of carbonyl (C=O) groups excluding carboxylic acids is 1. The first-order valence-corrected chi connectivity index (χ1v) is 7.43. The quantitative estimate of drug-likeness (QED) is 0.410. The molecule has 0 amide bonds. The second-order valence-corrected chi connectivity index (χ2v) is 7.96. The van der Waals surface area contributed by atoms with Gasteiger partial charge in [-0.25, -0.2) is 9.78 Å². The SMILES string of the molecule is CC(CC(C)(C)OOC(C)(C)C)C(C)C(C)(C)OC(=O)[O-]. The number of hydrogen-bond acceptors (Lipinski definition) is 5. The molecule has 0 radical (unpaired) electrons. The van der Waals surface area contributed by atoms with Crippen molar-refractivity contribution in [2.24, 2.45) is 11.8 Å². The number of rotatable bonds is 7. The molecule has 0 fully saturated rings. The third kappa shape index (κ3) is 8.27. The van der Waals surface area contributed by atoms with Gasteiger partial charge in [0.15, 0.2) is 0 Å². The molecular formula is C16H31O5-. The molecule has 0 aliphatic heterocycles. The van der Waals surface area contributed by atoms with E-state index < -0.39 is 17.4 Å². The van der Waals surface area contributed by atoms with Gasteiger partial charge < -0.3 is 14.6 Å². The molecule has 0 rings (SSSR count). The first kappa shape index (κ1) is 20.2. The highest BCUT2D eigenvalue weighted by molar-refractivity contribution is 5.54. The van der Waals surface area contributed by atoms with E-state index in [-0.39, 0.29) is 17.4 Å². The summed E-state index contributed by atoms with van der Waals surface area (Å²) in [5.41, 5.74) is -1.65. The van der Waals surface area contributed by atoms with Gasteiger partial charge in [0.25, 0.3) is 6.16 Å². The van der Waals surface area contributed by atoms with E-state index in [4.69, 9.17) is 14.5 Å². The molecule has 0 bridgehead atoms. The Morgan fingerprint density at radius 1 is 1.00 bits per heavy atom. The number of hydrogen-bond donors (Lipinski definition) is 0. The smallest absolute Gasteiger partial charge is 0.252 e. The molecule has 0 saturated heterocycles. The minimum absolute atomic E-state index is 0.00733. The van der Waals surface area contributed by atoms with E-state index in [1.165, 1.54) is 0 Å². The highest BCUT2D eigenvalue weighted by Gasteiger charge is 2.34. The zero-order valence-electron chi connectivity index (χ0n) is 14.9. The lowest BCUT2D eigenvalue weighted by Crippen LogP contribution is -2.44. The monoisotopic (exact) mass is 303 g/mol. The van der Waals surface area contributed by atoms with Crippen molar-refractivity contribution in [3.05, 3.63) is 0 Å². The van der Waals surface area contributed by atoms with Crippen molar-refractivity contribution in [1.82, 2.24) is 0 Å². The number of ether oxygens (including phenoxy) is 1. The second-order valence-electron chi connectivity index (χ2n) is 7.96. The van der Waals surface area contributed by atoms with Crippen LogP contribution in [-0.2, 0) is 14.5 Å². The average Bonchev–Trinajstić information content (AvgIpc) is 2.22. The van der Waals surface area contributed by atoms with E-state index in [2.05, 4.69) is 0 Å². The Kier molecular flexibility index (Phi) is 6.70. The predicted molar refractivity (Wildman–Crippen MR) is 79.5 cm³/mol. The molecule has 5 nitrogen and oxygen atoms in total. The molecule has 5 heteroatoms. The van der Waals surface area contributed by atoms with E-state index >= 15 is 0 Å². The molecule has 0 heterocycles. The van der Waals surface area contributed by atoms with Crippen LogP contribution >= 0.6 is 0 Å². The molecule has 0 aromatic heterocycles. The van der Waals surface area contributed by atoms with Crippen molar-refractivity contribution < 1.29 is 24.4 Å². The number of carboxylic acid groups (broad SMARTS) is 1. The highest BCUT2D eigenvalue weighted by atomic mass is 17.2. The summed E-state index contributed by atoms with van der Waals surface area (Å²) in [6.45, 7) is 17.2. The molecule has 21 heavy (non-hydrogen) atoms. The lowest BCUT2D eigenvalue weighted by atomic mass is 9.78. The third-order valence-corrected chi connectivity index (χ3v) is 3.63. The van der Waals surface area contributed by atoms with Crippen LogP contribution in [0.1, 0.15) is 68.7 Å². The van der Waals surface area contributed by atoms with Gasteiger partial charge in [0.2, 0.25) is 0 Å². The number of carbonyl (C=O) groups is 1. The fourth-order valence-corrected chi connectivity index (χ4v) is 2.22. The maximum absolute atomic E-state index is 10.7. The topological polar surface area (TPSA) is 67.8 Å². The first-order chi connectivity index (χ1) is 9.16. The molecule has 0 N–H and O–H groups in total. The summed E-state index contributed by atoms with van der Waals surface area (Å²) in [5, 5.41) is 10.7. The largest absolute Gasteiger partial charge is 0.543 e. The molecule has 2 atom stereocenters. The summed E-state index contributed by atoms with van der Waals surface area (Å²) in [6, 6.07) is 0. The van der Waals surface area contributed by atoms with Crippen LogP contribution in [-0.4, -0.2) is 23.0 Å². The zero-order valence-corrected chi connectivity index (χ0v) is 14.9. The van der Waals surface area contributed by atoms with Crippen LogP contribution < -0.4 is 5.11 Å². The Labute approximate surface area is 128 Å². The zero-order chi connectivity index (χ0) is 17.1. The van der Waals surface area contributed by atoms with Gasteiger partial charge >= 0.3 is 0 Å². The van der Waals surface area contributed by atoms with E-state index in [0.29, 0.717) is 6.42 Å². The van der Waals surface area contributed by atoms with E-state index in [1.54, 1.807) is 13.8 Å². The molecule has 2 unspecified atom stereocenters. The predicted octanol–water partition coefficient (Wildman–Crippen LogP) is 3.31. The van der Waals surface area contributed by atoms with Gasteiger partial charge in [-0.05, 0) is 66.7 Å². The lowest BCUT2D eigenvalue weighted by molar-refractivity contribution is -0.400. The van der Waals surface area contributed by atoms with Gasteiger partial charge in [-0.2, -0.15) is 0 Å². The Balaban J connectivity index is 4.64. The van der Waals surface area contributed by atoms with E-state index in [9.17, 15) is 9.90 Å². The van der Waals surface area contributed by atoms with Crippen molar-refractivity contribution in [3.63, 3.8) is 0 Å². The standard InChI is InChI=1S/C16H32O5/c1-11(12(2)16(8,9)19-13(17)18)10-15(6,7)21-20-14(3,4)5/h11-12H,10H2,1-9H3,(H,17,18)/p-1. The molecule has 0 aliphatic rings. The Morgan fingerprint density at radius 3 is 1.86 bits per heavy atom. The van der Waals surface area contributed by atoms with Crippen molar-refractivity contribution in [2.75, 3.05) is 0 Å². The first-order valence-electron chi connectivity index (χ1n) is 7.43. The molecule has 0 aliphatic carbocycles. The summed E-state index contributed by atoms with van der Waals surface area (Å²) in [5.74, 6) is 0.186. The van der Waals surface area contributed by atoms with Crippen molar-refractivity contribution >= 4 is 6.16 Å². The van der Waals surface area contributed by atoms with Crippen LogP contribution in [0, 0.1) is 11.8 Å². The summed E-state index contributed by atoms with van der Waals surface area (Å²) in [6.07, 6.45) is -0.782. The van der Waals surface area contributed by atoms with Crippen LogP contribution in [0.2, 0.25) is 0 Å². The van der Waals surface area contributed by atoms with E-state index in [1.807, 2.05) is 48.5 Å². The normalized spacial score (nSPS) is 16.4. The maximum Gasteiger partial charge on any atom is 0.252 e. The Morgan fingerprint density at radius 2 is 1.48 bits per heavy atom. The Hall–Kier alpha value is -0.810. The van der Waals surface area contributed by atoms with Crippen LogP contribution in [0.5, 0.6) is 0 Å². The maximum atomic E-state index is 10.7. The van der Waals surface area contributed by atoms with Gasteiger partial charge in [-0.3, -0.25) is 0 Å². The fraction of sp³-hybridized carbons (Fsp3) is 0.938. The van der Waals surface area contributed by atoms with Gasteiger partial charge in [-0.15, -0.1) is 0 Å². The molecular weight excluding hydrogens is 272 g/mol. The fourth-order valence-electron chi connectivity index (χ4n) is 2.22. The lowest BCUT2D eigenvalue weighted by Gasteiger charge is -2.41. The summed E-state index contributed by atoms with van der Waals surface area (Å²) in [4.78, 5) is 21.6. The van der Waals surface area contributed by atoms with E-state index in [0.717, 1.165) is 0 Å². The van der Waals surface area contributed by atoms with Gasteiger partial charge in [0.1, 0.15) is 0 Å². The van der Waals surface area contributed by atoms with Crippen molar-refractivity contribution in [3.8, 4) is 0 Å². The van der Waals surface area contributed by atoms with Gasteiger partial charge in [-0.1, -0.05) is 13.8 Å². The minimum Gasteiger partial charge on any atom is -0.543 e. The molecule has 126 valence electrons. The van der Waals surface area contributed by atoms with Crippen LogP contribution in [0.25, 0.3) is 0 Å². The highest BCUT2D eigenvalue weighted by Crippen LogP contribution is 2.34. The van der Waals surface area contributed by atoms with Crippen molar-refractivity contribution in [2.45, 2.75) is 85.5 Å². The molecule has 0 spiro atoms. The van der Waals surface area contributed by atoms with Gasteiger partial charge in [0.05, 0.1) is 11.2 Å². The van der Waals surface area contributed by atoms with Crippen LogP contribution in [0.4, 0.5) is 4.79 Å². The van der Waals surface area contributed by atoms with Crippen molar-refractivity contribution in [1.29, 1.82) is 0 Å². The summed E-state index contributed by atoms with van der Waals surface area (Å²) >= 11 is 0. The molecule has 0 saturated carbocycles. The molecule has 0 aromatic rings. The average molecular weight is 303 g/mol. The minimum atomic E-state index is -1.49. The Bertz CT molecular complexity index is 341.